The van der Waals surface area contributed by atoms with Crippen LogP contribution in [0, 0.1) is 11.3 Å². The Labute approximate surface area is 95.9 Å². The van der Waals surface area contributed by atoms with Crippen LogP contribution in [0.1, 0.15) is 37.7 Å². The van der Waals surface area contributed by atoms with Crippen molar-refractivity contribution >= 4 is 5.82 Å². The van der Waals surface area contributed by atoms with E-state index in [0.29, 0.717) is 5.69 Å². The van der Waals surface area contributed by atoms with E-state index >= 15 is 0 Å². The summed E-state index contributed by atoms with van der Waals surface area (Å²) >= 11 is 0. The van der Waals surface area contributed by atoms with Crippen molar-refractivity contribution in [1.82, 2.24) is 9.97 Å². The summed E-state index contributed by atoms with van der Waals surface area (Å²) in [6.07, 6.45) is 4.50. The lowest BCUT2D eigenvalue weighted by atomic mass is 10.1. The maximum atomic E-state index is 8.92. The van der Waals surface area contributed by atoms with Gasteiger partial charge in [-0.2, -0.15) is 5.26 Å². The third-order valence-corrected chi connectivity index (χ3v) is 2.87. The van der Waals surface area contributed by atoms with Gasteiger partial charge in [0, 0.05) is 25.6 Å². The van der Waals surface area contributed by atoms with Crippen LogP contribution in [0.3, 0.4) is 0 Å². The molecule has 1 fully saturated rings. The third-order valence-electron chi connectivity index (χ3n) is 2.87. The van der Waals surface area contributed by atoms with E-state index in [1.807, 2.05) is 6.92 Å². The topological polar surface area (TPSA) is 52.8 Å². The molecule has 1 aliphatic heterocycles. The van der Waals surface area contributed by atoms with Gasteiger partial charge in [-0.15, -0.1) is 0 Å². The fourth-order valence-corrected chi connectivity index (χ4v) is 1.98. The monoisotopic (exact) mass is 216 g/mol. The second kappa shape index (κ2) is 4.93. The molecule has 0 spiro atoms. The summed E-state index contributed by atoms with van der Waals surface area (Å²) in [4.78, 5) is 10.9. The van der Waals surface area contributed by atoms with E-state index in [-0.39, 0.29) is 0 Å². The highest BCUT2D eigenvalue weighted by Gasteiger charge is 2.13. The molecule has 2 heterocycles. The molecule has 0 radical (unpaired) electrons. The van der Waals surface area contributed by atoms with Crippen LogP contribution in [0.5, 0.6) is 0 Å². The summed E-state index contributed by atoms with van der Waals surface area (Å²) < 4.78 is 0. The van der Waals surface area contributed by atoms with Crippen molar-refractivity contribution in [2.75, 3.05) is 18.0 Å². The highest BCUT2D eigenvalue weighted by atomic mass is 15.2. The van der Waals surface area contributed by atoms with E-state index in [4.69, 9.17) is 5.26 Å². The summed E-state index contributed by atoms with van der Waals surface area (Å²) in [6, 6.07) is 3.90. The number of rotatable bonds is 2. The van der Waals surface area contributed by atoms with Crippen molar-refractivity contribution in [3.05, 3.63) is 17.6 Å². The standard InChI is InChI=1S/C12H16N4/c1-2-11-14-10(9-13)8-12(15-11)16-6-4-3-5-7-16/h8H,2-7H2,1H3. The molecule has 1 aliphatic rings. The van der Waals surface area contributed by atoms with E-state index in [1.165, 1.54) is 19.3 Å². The maximum Gasteiger partial charge on any atom is 0.146 e. The first kappa shape index (κ1) is 10.9. The van der Waals surface area contributed by atoms with Crippen LogP contribution >= 0.6 is 0 Å². The third kappa shape index (κ3) is 2.30. The van der Waals surface area contributed by atoms with E-state index in [2.05, 4.69) is 20.9 Å². The molecule has 4 heteroatoms. The molecule has 0 aliphatic carbocycles. The first-order valence-corrected chi connectivity index (χ1v) is 5.86. The maximum absolute atomic E-state index is 8.92. The average molecular weight is 216 g/mol. The van der Waals surface area contributed by atoms with Crippen molar-refractivity contribution in [2.45, 2.75) is 32.6 Å². The Bertz CT molecular complexity index is 402. The van der Waals surface area contributed by atoms with Crippen LogP contribution < -0.4 is 4.90 Å². The van der Waals surface area contributed by atoms with Crippen LogP contribution in [0.25, 0.3) is 0 Å². The number of aryl methyl sites for hydroxylation is 1. The molecule has 2 rings (SSSR count). The lowest BCUT2D eigenvalue weighted by Crippen LogP contribution is -2.30. The molecular weight excluding hydrogens is 200 g/mol. The van der Waals surface area contributed by atoms with Gasteiger partial charge in [0.25, 0.3) is 0 Å². The minimum Gasteiger partial charge on any atom is -0.356 e. The van der Waals surface area contributed by atoms with Crippen LogP contribution in [0.2, 0.25) is 0 Å². The highest BCUT2D eigenvalue weighted by molar-refractivity contribution is 5.43. The van der Waals surface area contributed by atoms with Crippen LogP contribution in [0.15, 0.2) is 6.07 Å². The largest absolute Gasteiger partial charge is 0.356 e. The lowest BCUT2D eigenvalue weighted by Gasteiger charge is -2.27. The van der Waals surface area contributed by atoms with Crippen molar-refractivity contribution in [2.24, 2.45) is 0 Å². The van der Waals surface area contributed by atoms with Gasteiger partial charge >= 0.3 is 0 Å². The summed E-state index contributed by atoms with van der Waals surface area (Å²) in [5.74, 6) is 1.68. The number of anilines is 1. The highest BCUT2D eigenvalue weighted by Crippen LogP contribution is 2.18. The van der Waals surface area contributed by atoms with Crippen molar-refractivity contribution in [3.63, 3.8) is 0 Å². The van der Waals surface area contributed by atoms with E-state index in [0.717, 1.165) is 31.2 Å². The predicted octanol–water partition coefficient (Wildman–Crippen LogP) is 1.90. The Morgan fingerprint density at radius 3 is 2.69 bits per heavy atom. The van der Waals surface area contributed by atoms with Crippen molar-refractivity contribution < 1.29 is 0 Å². The number of nitriles is 1. The zero-order valence-corrected chi connectivity index (χ0v) is 9.61. The molecule has 16 heavy (non-hydrogen) atoms. The summed E-state index contributed by atoms with van der Waals surface area (Å²) in [5, 5.41) is 8.92. The molecule has 0 unspecified atom stereocenters. The number of hydrogen-bond donors (Lipinski definition) is 0. The fraction of sp³-hybridized carbons (Fsp3) is 0.583. The number of piperidine rings is 1. The first-order chi connectivity index (χ1) is 7.83. The lowest BCUT2D eigenvalue weighted by molar-refractivity contribution is 0.572. The second-order valence-electron chi connectivity index (χ2n) is 4.04. The second-order valence-corrected chi connectivity index (χ2v) is 4.04. The summed E-state index contributed by atoms with van der Waals surface area (Å²) in [5.41, 5.74) is 0.479. The Balaban J connectivity index is 2.28. The van der Waals surface area contributed by atoms with Gasteiger partial charge in [-0.05, 0) is 19.3 Å². The molecule has 0 bridgehead atoms. The molecule has 0 amide bonds. The predicted molar refractivity (Wildman–Crippen MR) is 62.2 cm³/mol. The number of nitrogens with zero attached hydrogens (tertiary/aromatic N) is 4. The van der Waals surface area contributed by atoms with E-state index in [1.54, 1.807) is 6.07 Å². The normalized spacial score (nSPS) is 15.9. The molecule has 0 aromatic carbocycles. The fourth-order valence-electron chi connectivity index (χ4n) is 1.98. The van der Waals surface area contributed by atoms with Gasteiger partial charge in [0.05, 0.1) is 0 Å². The van der Waals surface area contributed by atoms with Gasteiger partial charge in [-0.25, -0.2) is 9.97 Å². The quantitative estimate of drug-likeness (QED) is 0.757. The van der Waals surface area contributed by atoms with Gasteiger partial charge in [0.1, 0.15) is 23.4 Å². The molecule has 1 aromatic heterocycles. The number of hydrogen-bond acceptors (Lipinski definition) is 4. The van der Waals surface area contributed by atoms with Crippen molar-refractivity contribution in [3.8, 4) is 6.07 Å². The molecule has 0 saturated carbocycles. The van der Waals surface area contributed by atoms with Gasteiger partial charge in [-0.1, -0.05) is 6.92 Å². The van der Waals surface area contributed by atoms with Crippen LogP contribution in [-0.2, 0) is 6.42 Å². The summed E-state index contributed by atoms with van der Waals surface area (Å²) in [7, 11) is 0. The molecule has 0 N–H and O–H groups in total. The molecule has 1 aromatic rings. The van der Waals surface area contributed by atoms with Crippen molar-refractivity contribution in [1.29, 1.82) is 5.26 Å². The van der Waals surface area contributed by atoms with Crippen LogP contribution in [0.4, 0.5) is 5.82 Å². The Morgan fingerprint density at radius 2 is 2.06 bits per heavy atom. The Kier molecular flexibility index (Phi) is 3.35. The van der Waals surface area contributed by atoms with Gasteiger partial charge in [0.15, 0.2) is 0 Å². The van der Waals surface area contributed by atoms with Gasteiger partial charge < -0.3 is 4.90 Å². The Morgan fingerprint density at radius 1 is 1.31 bits per heavy atom. The van der Waals surface area contributed by atoms with Gasteiger partial charge in [-0.3, -0.25) is 0 Å². The molecule has 84 valence electrons. The molecule has 0 atom stereocenters. The summed E-state index contributed by atoms with van der Waals surface area (Å²) in [6.45, 7) is 4.10. The smallest absolute Gasteiger partial charge is 0.146 e. The zero-order valence-electron chi connectivity index (χ0n) is 9.61. The minimum absolute atomic E-state index is 0.479. The van der Waals surface area contributed by atoms with E-state index < -0.39 is 0 Å². The molecular formula is C12H16N4. The van der Waals surface area contributed by atoms with Crippen LogP contribution in [-0.4, -0.2) is 23.1 Å². The van der Waals surface area contributed by atoms with E-state index in [9.17, 15) is 0 Å². The van der Waals surface area contributed by atoms with Gasteiger partial charge in [0.2, 0.25) is 0 Å². The molecule has 1 saturated heterocycles. The minimum atomic E-state index is 0.479. The average Bonchev–Trinajstić information content (AvgIpc) is 2.39. The SMILES string of the molecule is CCc1nc(C#N)cc(N2CCCCC2)n1. The zero-order chi connectivity index (χ0) is 11.4. The molecule has 4 nitrogen and oxygen atoms in total. The first-order valence-electron chi connectivity index (χ1n) is 5.86. The number of aromatic nitrogens is 2. The Hall–Kier alpha value is -1.63.